The fourth-order valence-electron chi connectivity index (χ4n) is 5.69. The highest BCUT2D eigenvalue weighted by Gasteiger charge is 2.57. The van der Waals surface area contributed by atoms with Gasteiger partial charge in [-0.15, -0.1) is 0 Å². The van der Waals surface area contributed by atoms with E-state index in [-0.39, 0.29) is 17.1 Å². The molecule has 3 aromatic carbocycles. The predicted molar refractivity (Wildman–Crippen MR) is 170 cm³/mol. The number of imide groups is 1. The second-order valence-electron chi connectivity index (χ2n) is 11.1. The average Bonchev–Trinajstić information content (AvgIpc) is 3.46. The summed E-state index contributed by atoms with van der Waals surface area (Å²) in [5.74, 6) is -3.58. The van der Waals surface area contributed by atoms with Crippen LogP contribution >= 0.6 is 23.1 Å². The Balaban J connectivity index is 1.38. The van der Waals surface area contributed by atoms with Gasteiger partial charge in [0, 0.05) is 48.4 Å². The topological polar surface area (TPSA) is 135 Å². The van der Waals surface area contributed by atoms with Crippen molar-refractivity contribution < 1.29 is 32.5 Å². The van der Waals surface area contributed by atoms with Crippen molar-refractivity contribution in [2.75, 3.05) is 29.2 Å². The molecular formula is C31H24F3N5O6S2. The molecule has 4 aromatic rings. The lowest BCUT2D eigenvalue weighted by molar-refractivity contribution is -0.384. The van der Waals surface area contributed by atoms with Gasteiger partial charge in [-0.25, -0.2) is 4.90 Å². The lowest BCUT2D eigenvalue weighted by Gasteiger charge is -2.31. The number of thioether (sulfide) groups is 1. The number of anilines is 3. The SMILES string of the molecule is CN(C)c1ccc([C@H]2c3sc(=O)n(CC(=O)Nc4cccc(C(F)(F)F)c4)c3SC3C(=O)N(c4ccc([N+](=O)[O-])cc4)C(=O)C32)cc1. The minimum atomic E-state index is -4.62. The largest absolute Gasteiger partial charge is 0.416 e. The summed E-state index contributed by atoms with van der Waals surface area (Å²) in [5, 5.41) is 12.9. The monoisotopic (exact) mass is 683 g/mol. The van der Waals surface area contributed by atoms with Gasteiger partial charge in [0.2, 0.25) is 17.7 Å². The van der Waals surface area contributed by atoms with Crippen molar-refractivity contribution >= 4 is 63.6 Å². The van der Waals surface area contributed by atoms with Crippen LogP contribution < -0.4 is 20.0 Å². The number of amides is 3. The van der Waals surface area contributed by atoms with Crippen LogP contribution in [-0.4, -0.2) is 46.6 Å². The number of rotatable bonds is 7. The van der Waals surface area contributed by atoms with Crippen LogP contribution in [0, 0.1) is 16.0 Å². The van der Waals surface area contributed by atoms with Crippen LogP contribution in [0.1, 0.15) is 21.9 Å². The molecule has 1 aromatic heterocycles. The summed E-state index contributed by atoms with van der Waals surface area (Å²) in [4.78, 5) is 67.7. The summed E-state index contributed by atoms with van der Waals surface area (Å²) < 4.78 is 40.8. The molecule has 6 rings (SSSR count). The number of halogens is 3. The van der Waals surface area contributed by atoms with Gasteiger partial charge in [-0.2, -0.15) is 13.2 Å². The van der Waals surface area contributed by atoms with Crippen molar-refractivity contribution in [2.24, 2.45) is 5.92 Å². The zero-order chi connectivity index (χ0) is 33.8. The van der Waals surface area contributed by atoms with Crippen molar-refractivity contribution in [3.63, 3.8) is 0 Å². The van der Waals surface area contributed by atoms with Crippen LogP contribution in [0.25, 0.3) is 0 Å². The number of aromatic nitrogens is 1. The summed E-state index contributed by atoms with van der Waals surface area (Å²) in [6, 6.07) is 16.4. The fourth-order valence-corrected chi connectivity index (χ4v) is 8.46. The Hall–Kier alpha value is -4.96. The Morgan fingerprint density at radius 2 is 1.68 bits per heavy atom. The van der Waals surface area contributed by atoms with E-state index in [9.17, 15) is 42.5 Å². The standard InChI is InChI=1S/C31H24F3N5O6S2/c1-36(2)19-8-6-16(7-9-19)23-24-25(28(42)38(27(24)41)20-10-12-21(13-11-20)39(44)45)46-29-26(23)47-30(43)37(29)15-22(40)35-18-5-3-4-17(14-18)31(32,33)34/h3-14,23-25H,15H2,1-2H3,(H,35,40)/t23-,24?,25?/m1/s1. The van der Waals surface area contributed by atoms with E-state index < -0.39 is 62.9 Å². The number of thiazole rings is 1. The molecule has 2 aliphatic rings. The molecule has 11 nitrogen and oxygen atoms in total. The molecule has 1 N–H and O–H groups in total. The van der Waals surface area contributed by atoms with Gasteiger partial charge in [-0.3, -0.25) is 33.9 Å². The highest BCUT2D eigenvalue weighted by molar-refractivity contribution is 8.00. The maximum atomic E-state index is 14.0. The molecule has 1 saturated heterocycles. The molecule has 16 heteroatoms. The van der Waals surface area contributed by atoms with Gasteiger partial charge in [0.1, 0.15) is 11.8 Å². The zero-order valence-electron chi connectivity index (χ0n) is 24.6. The second-order valence-corrected chi connectivity index (χ2v) is 13.2. The Labute approximate surface area is 272 Å². The summed E-state index contributed by atoms with van der Waals surface area (Å²) in [6.07, 6.45) is -4.62. The molecule has 47 heavy (non-hydrogen) atoms. The van der Waals surface area contributed by atoms with Crippen molar-refractivity contribution in [1.29, 1.82) is 0 Å². The van der Waals surface area contributed by atoms with Crippen LogP contribution in [0.2, 0.25) is 0 Å². The highest BCUT2D eigenvalue weighted by atomic mass is 32.2. The zero-order valence-corrected chi connectivity index (χ0v) is 26.2. The average molecular weight is 684 g/mol. The first kappa shape index (κ1) is 32.0. The van der Waals surface area contributed by atoms with Crippen molar-refractivity contribution in [2.45, 2.75) is 28.9 Å². The third-order valence-electron chi connectivity index (χ3n) is 7.91. The quantitative estimate of drug-likeness (QED) is 0.157. The van der Waals surface area contributed by atoms with Gasteiger partial charge in [0.25, 0.3) is 5.69 Å². The summed E-state index contributed by atoms with van der Waals surface area (Å²) in [6.45, 7) is -0.550. The molecule has 0 spiro atoms. The van der Waals surface area contributed by atoms with E-state index in [1.165, 1.54) is 30.3 Å². The first-order valence-electron chi connectivity index (χ1n) is 14.0. The minimum absolute atomic E-state index is 0.108. The number of hydrogen-bond donors (Lipinski definition) is 1. The molecule has 0 bridgehead atoms. The van der Waals surface area contributed by atoms with E-state index in [2.05, 4.69) is 5.32 Å². The molecule has 3 amide bonds. The van der Waals surface area contributed by atoms with Crippen LogP contribution in [-0.2, 0) is 27.1 Å². The number of benzene rings is 3. The minimum Gasteiger partial charge on any atom is -0.378 e. The van der Waals surface area contributed by atoms with Gasteiger partial charge >= 0.3 is 11.0 Å². The Bertz CT molecular complexity index is 1970. The first-order valence-corrected chi connectivity index (χ1v) is 15.7. The van der Waals surface area contributed by atoms with Gasteiger partial charge < -0.3 is 10.2 Å². The van der Waals surface area contributed by atoms with E-state index in [0.29, 0.717) is 15.5 Å². The fraction of sp³-hybridized carbons (Fsp3) is 0.226. The summed E-state index contributed by atoms with van der Waals surface area (Å²) >= 11 is 1.80. The number of nitro groups is 1. The number of nitrogens with one attached hydrogen (secondary N) is 1. The Morgan fingerprint density at radius 1 is 1.00 bits per heavy atom. The second kappa shape index (κ2) is 12.0. The Morgan fingerprint density at radius 3 is 2.30 bits per heavy atom. The number of carbonyl (C=O) groups is 3. The number of carbonyl (C=O) groups excluding carboxylic acids is 3. The molecule has 1 fully saturated rings. The Kier molecular flexibility index (Phi) is 8.17. The molecule has 0 saturated carbocycles. The van der Waals surface area contributed by atoms with Gasteiger partial charge in [-0.1, -0.05) is 41.3 Å². The lowest BCUT2D eigenvalue weighted by Crippen LogP contribution is -2.33. The third kappa shape index (κ3) is 5.89. The number of alkyl halides is 3. The maximum Gasteiger partial charge on any atom is 0.416 e. The van der Waals surface area contributed by atoms with Gasteiger partial charge in [0.05, 0.1) is 27.1 Å². The molecule has 3 heterocycles. The van der Waals surface area contributed by atoms with E-state index in [1.807, 2.05) is 31.1 Å². The molecule has 2 unspecified atom stereocenters. The van der Waals surface area contributed by atoms with Crippen LogP contribution in [0.4, 0.5) is 35.9 Å². The smallest absolute Gasteiger partial charge is 0.378 e. The van der Waals surface area contributed by atoms with Crippen LogP contribution in [0.3, 0.4) is 0 Å². The van der Waals surface area contributed by atoms with Crippen LogP contribution in [0.15, 0.2) is 82.6 Å². The van der Waals surface area contributed by atoms with E-state index >= 15 is 0 Å². The van der Waals surface area contributed by atoms with Crippen molar-refractivity contribution in [3.8, 4) is 0 Å². The number of nitro benzene ring substituents is 1. The number of non-ortho nitro benzene ring substituents is 1. The predicted octanol–water partition coefficient (Wildman–Crippen LogP) is 5.34. The van der Waals surface area contributed by atoms with Crippen molar-refractivity contribution in [3.05, 3.63) is 109 Å². The maximum absolute atomic E-state index is 14.0. The molecule has 242 valence electrons. The highest BCUT2D eigenvalue weighted by Crippen LogP contribution is 2.54. The molecule has 3 atom stereocenters. The summed E-state index contributed by atoms with van der Waals surface area (Å²) in [5.41, 5.74) is 0.405. The van der Waals surface area contributed by atoms with E-state index in [0.717, 1.165) is 56.5 Å². The molecule has 0 radical (unpaired) electrons. The van der Waals surface area contributed by atoms with E-state index in [4.69, 9.17) is 0 Å². The molecule has 0 aliphatic carbocycles. The lowest BCUT2D eigenvalue weighted by atomic mass is 9.83. The van der Waals surface area contributed by atoms with Crippen molar-refractivity contribution in [1.82, 2.24) is 4.57 Å². The number of hydrogen-bond acceptors (Lipinski definition) is 9. The van der Waals surface area contributed by atoms with Crippen LogP contribution in [0.5, 0.6) is 0 Å². The third-order valence-corrected chi connectivity index (χ3v) is 10.5. The number of fused-ring (bicyclic) bond motifs is 2. The molecule has 2 aliphatic heterocycles. The van der Waals surface area contributed by atoms with E-state index in [1.54, 1.807) is 12.1 Å². The summed E-state index contributed by atoms with van der Waals surface area (Å²) in [7, 11) is 3.72. The first-order chi connectivity index (χ1) is 22.2. The number of nitrogens with zero attached hydrogens (tertiary/aromatic N) is 4. The normalized spacial score (nSPS) is 18.9. The van der Waals surface area contributed by atoms with Gasteiger partial charge in [-0.05, 0) is 48.0 Å². The van der Waals surface area contributed by atoms with Gasteiger partial charge in [0.15, 0.2) is 0 Å². The molecular weight excluding hydrogens is 659 g/mol.